The summed E-state index contributed by atoms with van der Waals surface area (Å²) in [5.41, 5.74) is 23.2. The van der Waals surface area contributed by atoms with Gasteiger partial charge in [-0.2, -0.15) is 0 Å². The van der Waals surface area contributed by atoms with Crippen molar-refractivity contribution in [1.82, 2.24) is 0 Å². The maximum atomic E-state index is 11.0. The van der Waals surface area contributed by atoms with Gasteiger partial charge in [0.25, 0.3) is 0 Å². The third-order valence-corrected chi connectivity index (χ3v) is 20.9. The number of rotatable bonds is 14. The molecule has 0 bridgehead atoms. The lowest BCUT2D eigenvalue weighted by Gasteiger charge is -2.42. The molecule has 45 heavy (non-hydrogen) atoms. The number of nitrogen functional groups attached to an aromatic ring is 1. The van der Waals surface area contributed by atoms with Crippen molar-refractivity contribution in [3.05, 3.63) is 59.7 Å². The van der Waals surface area contributed by atoms with E-state index in [0.29, 0.717) is 59.6 Å². The van der Waals surface area contributed by atoms with Gasteiger partial charge in [0.15, 0.2) is 0 Å². The fourth-order valence-electron chi connectivity index (χ4n) is 6.92. The number of nitrogens with one attached hydrogen (secondary N) is 1. The van der Waals surface area contributed by atoms with E-state index in [4.69, 9.17) is 26.1 Å². The molecule has 7 nitrogen and oxygen atoms in total. The Morgan fingerprint density at radius 2 is 0.889 bits per heavy atom. The van der Waals surface area contributed by atoms with Gasteiger partial charge in [0, 0.05) is 31.4 Å². The van der Waals surface area contributed by atoms with Gasteiger partial charge >= 0.3 is 0 Å². The molecule has 0 heterocycles. The molecular formula is C36H68N4O3Si2. The number of nitrogens with two attached hydrogens (primary N) is 3. The molecule has 258 valence electrons. The van der Waals surface area contributed by atoms with Gasteiger partial charge in [0.05, 0.1) is 13.2 Å². The molecule has 9 heteroatoms. The summed E-state index contributed by atoms with van der Waals surface area (Å²) in [5.74, 6) is -0.0464. The maximum Gasteiger partial charge on any atom is 0.221 e. The van der Waals surface area contributed by atoms with Crippen molar-refractivity contribution in [2.24, 2.45) is 11.5 Å². The molecule has 0 radical (unpaired) electrons. The van der Waals surface area contributed by atoms with Crippen LogP contribution in [0.25, 0.3) is 0 Å². The number of carbonyl (C=O) groups is 1. The zero-order chi connectivity index (χ0) is 35.0. The SMILES string of the molecule is CC(=O)Nc1ccc(CO[Si](C(C)C)(C(C)C)C(C)C)cc1.CC(C)[Si](OCc1ccc(N)cc1)(C(C)C)C(C)C.NCCN. The quantitative estimate of drug-likeness (QED) is 0.118. The number of hydrogen-bond donors (Lipinski definition) is 4. The van der Waals surface area contributed by atoms with E-state index < -0.39 is 16.6 Å². The van der Waals surface area contributed by atoms with Gasteiger partial charge < -0.3 is 31.4 Å². The van der Waals surface area contributed by atoms with E-state index in [-0.39, 0.29) is 5.91 Å². The molecule has 0 saturated carbocycles. The van der Waals surface area contributed by atoms with Crippen LogP contribution in [0.5, 0.6) is 0 Å². The molecule has 2 rings (SSSR count). The molecule has 0 atom stereocenters. The second-order valence-electron chi connectivity index (χ2n) is 13.9. The first kappa shape index (κ1) is 43.0. The van der Waals surface area contributed by atoms with Crippen LogP contribution in [-0.2, 0) is 26.9 Å². The van der Waals surface area contributed by atoms with Crippen molar-refractivity contribution in [1.29, 1.82) is 0 Å². The first-order chi connectivity index (χ1) is 20.9. The third-order valence-electron chi connectivity index (χ3n) is 8.81. The minimum atomic E-state index is -1.82. The Morgan fingerprint density at radius 3 is 1.13 bits per heavy atom. The molecule has 2 aromatic rings. The first-order valence-electron chi connectivity index (χ1n) is 16.8. The Labute approximate surface area is 278 Å². The Kier molecular flexibility index (Phi) is 20.0. The average Bonchev–Trinajstić information content (AvgIpc) is 2.94. The molecule has 0 fully saturated rings. The fraction of sp³-hybridized carbons (Fsp3) is 0.639. The monoisotopic (exact) mass is 660 g/mol. The van der Waals surface area contributed by atoms with Crippen molar-refractivity contribution in [2.75, 3.05) is 24.1 Å². The zero-order valence-electron chi connectivity index (χ0n) is 30.9. The Bertz CT molecular complexity index is 1030. The number of anilines is 2. The summed E-state index contributed by atoms with van der Waals surface area (Å²) in [6.07, 6.45) is 0. The summed E-state index contributed by atoms with van der Waals surface area (Å²) in [7, 11) is -3.58. The molecule has 0 aliphatic heterocycles. The summed E-state index contributed by atoms with van der Waals surface area (Å²) < 4.78 is 13.1. The highest BCUT2D eigenvalue weighted by atomic mass is 28.4. The van der Waals surface area contributed by atoms with E-state index in [9.17, 15) is 4.79 Å². The highest BCUT2D eigenvalue weighted by molar-refractivity contribution is 6.78. The van der Waals surface area contributed by atoms with Gasteiger partial charge in [-0.25, -0.2) is 0 Å². The predicted octanol–water partition coefficient (Wildman–Crippen LogP) is 9.20. The van der Waals surface area contributed by atoms with Crippen molar-refractivity contribution in [3.8, 4) is 0 Å². The van der Waals surface area contributed by atoms with Gasteiger partial charge in [-0.1, -0.05) is 107 Å². The molecule has 0 saturated heterocycles. The summed E-state index contributed by atoms with van der Waals surface area (Å²) in [6.45, 7) is 31.8. The van der Waals surface area contributed by atoms with Gasteiger partial charge in [-0.15, -0.1) is 0 Å². The van der Waals surface area contributed by atoms with Crippen molar-refractivity contribution in [2.45, 2.75) is 136 Å². The molecule has 0 aromatic heterocycles. The molecule has 7 N–H and O–H groups in total. The zero-order valence-corrected chi connectivity index (χ0v) is 32.9. The first-order valence-corrected chi connectivity index (χ1v) is 21.1. The normalized spacial score (nSPS) is 12.0. The summed E-state index contributed by atoms with van der Waals surface area (Å²) in [4.78, 5) is 11.0. The number of carbonyl (C=O) groups excluding carboxylic acids is 1. The predicted molar refractivity (Wildman–Crippen MR) is 201 cm³/mol. The molecule has 2 aromatic carbocycles. The van der Waals surface area contributed by atoms with E-state index in [1.54, 1.807) is 0 Å². The van der Waals surface area contributed by atoms with E-state index in [1.165, 1.54) is 12.5 Å². The Hall–Kier alpha value is -2.02. The van der Waals surface area contributed by atoms with Crippen molar-refractivity contribution < 1.29 is 13.6 Å². The fourth-order valence-corrected chi connectivity index (χ4v) is 17.8. The standard InChI is InChI=1S/C18H31NO2Si.C16H29NOSi.C2H8N2/c1-13(2)22(14(3)4,15(5)6)21-12-17-8-10-18(11-9-17)19-16(7)20;1-12(2)19(13(3)4,14(5)6)18-11-15-7-9-16(17)10-8-15;3-1-2-4/h8-11,13-15H,12H2,1-7H3,(H,19,20);7-10,12-14H,11,17H2,1-6H3;1-4H2. The van der Waals surface area contributed by atoms with Crippen LogP contribution in [0.4, 0.5) is 11.4 Å². The van der Waals surface area contributed by atoms with Crippen LogP contribution in [0.3, 0.4) is 0 Å². The van der Waals surface area contributed by atoms with Crippen LogP contribution in [0.2, 0.25) is 33.2 Å². The maximum absolute atomic E-state index is 11.0. The minimum absolute atomic E-state index is 0.0464. The number of hydrogen-bond acceptors (Lipinski definition) is 6. The summed E-state index contributed by atoms with van der Waals surface area (Å²) >= 11 is 0. The third kappa shape index (κ3) is 13.3. The summed E-state index contributed by atoms with van der Waals surface area (Å²) in [5, 5.41) is 2.79. The largest absolute Gasteiger partial charge is 0.412 e. The second kappa shape index (κ2) is 21.0. The topological polar surface area (TPSA) is 126 Å². The minimum Gasteiger partial charge on any atom is -0.412 e. The van der Waals surface area contributed by atoms with Crippen LogP contribution < -0.4 is 22.5 Å². The van der Waals surface area contributed by atoms with E-state index in [1.807, 2.05) is 36.4 Å². The molecule has 0 aliphatic rings. The summed E-state index contributed by atoms with van der Waals surface area (Å²) in [6, 6.07) is 16.0. The smallest absolute Gasteiger partial charge is 0.221 e. The number of amides is 1. The van der Waals surface area contributed by atoms with Crippen LogP contribution in [0.1, 0.15) is 101 Å². The highest BCUT2D eigenvalue weighted by Gasteiger charge is 2.45. The van der Waals surface area contributed by atoms with Crippen molar-refractivity contribution in [3.63, 3.8) is 0 Å². The second-order valence-corrected chi connectivity index (χ2v) is 24.8. The van der Waals surface area contributed by atoms with Crippen LogP contribution in [0.15, 0.2) is 48.5 Å². The van der Waals surface area contributed by atoms with E-state index in [0.717, 1.165) is 16.9 Å². The number of benzene rings is 2. The van der Waals surface area contributed by atoms with Crippen molar-refractivity contribution >= 4 is 33.9 Å². The molecule has 0 spiro atoms. The lowest BCUT2D eigenvalue weighted by molar-refractivity contribution is -0.114. The van der Waals surface area contributed by atoms with Gasteiger partial charge in [-0.05, 0) is 68.6 Å². The Morgan fingerprint density at radius 1 is 0.600 bits per heavy atom. The average molecular weight is 661 g/mol. The van der Waals surface area contributed by atoms with E-state index in [2.05, 4.69) is 101 Å². The van der Waals surface area contributed by atoms with E-state index >= 15 is 0 Å². The molecule has 0 aliphatic carbocycles. The lowest BCUT2D eigenvalue weighted by Crippen LogP contribution is -2.47. The molecular weight excluding hydrogens is 593 g/mol. The Balaban J connectivity index is 0.000000775. The van der Waals surface area contributed by atoms with Gasteiger partial charge in [0.2, 0.25) is 22.5 Å². The lowest BCUT2D eigenvalue weighted by atomic mass is 10.2. The van der Waals surface area contributed by atoms with Gasteiger partial charge in [0.1, 0.15) is 0 Å². The van der Waals surface area contributed by atoms with Crippen LogP contribution >= 0.6 is 0 Å². The van der Waals surface area contributed by atoms with Crippen LogP contribution in [0, 0.1) is 0 Å². The molecule has 1 amide bonds. The highest BCUT2D eigenvalue weighted by Crippen LogP contribution is 2.43. The van der Waals surface area contributed by atoms with Gasteiger partial charge in [-0.3, -0.25) is 4.79 Å². The van der Waals surface area contributed by atoms with Crippen LogP contribution in [-0.4, -0.2) is 35.6 Å². The molecule has 0 unspecified atom stereocenters.